The summed E-state index contributed by atoms with van der Waals surface area (Å²) in [4.78, 5) is 0. The van der Waals surface area contributed by atoms with Crippen molar-refractivity contribution in [3.8, 4) is 0 Å². The maximum absolute atomic E-state index is 14.4. The van der Waals surface area contributed by atoms with Crippen LogP contribution in [0.2, 0.25) is 0 Å². The van der Waals surface area contributed by atoms with Crippen molar-refractivity contribution in [2.75, 3.05) is 20.3 Å². The molecule has 0 aromatic carbocycles. The predicted octanol–water partition coefficient (Wildman–Crippen LogP) is 7.89. The lowest BCUT2D eigenvalue weighted by Gasteiger charge is -2.28. The number of allylic oxidation sites excluding steroid dienone is 4. The number of ether oxygens (including phenoxy) is 3. The molecule has 1 saturated heterocycles. The van der Waals surface area contributed by atoms with Crippen molar-refractivity contribution in [2.24, 2.45) is 17.8 Å². The minimum absolute atomic E-state index is 0.0291. The summed E-state index contributed by atoms with van der Waals surface area (Å²) in [5, 5.41) is 0. The van der Waals surface area contributed by atoms with Crippen LogP contribution in [-0.4, -0.2) is 26.6 Å². The van der Waals surface area contributed by atoms with E-state index in [1.165, 1.54) is 20.5 Å². The molecule has 3 nitrogen and oxygen atoms in total. The van der Waals surface area contributed by atoms with Crippen molar-refractivity contribution in [3.05, 3.63) is 35.6 Å². The first-order valence-electron chi connectivity index (χ1n) is 11.4. The summed E-state index contributed by atoms with van der Waals surface area (Å²) in [5.41, 5.74) is 0.503. The predicted molar refractivity (Wildman–Crippen MR) is 121 cm³/mol. The van der Waals surface area contributed by atoms with Crippen LogP contribution in [0.5, 0.6) is 0 Å². The molecule has 1 rings (SSSR count). The van der Waals surface area contributed by atoms with Crippen LogP contribution >= 0.6 is 0 Å². The van der Waals surface area contributed by atoms with Gasteiger partial charge in [-0.3, -0.25) is 0 Å². The number of hydrogen-bond donors (Lipinski definition) is 0. The molecule has 1 aliphatic rings. The van der Waals surface area contributed by atoms with E-state index in [9.17, 15) is 8.78 Å². The van der Waals surface area contributed by atoms with Crippen molar-refractivity contribution < 1.29 is 23.0 Å². The summed E-state index contributed by atoms with van der Waals surface area (Å²) in [6.45, 7) is 16.7. The fourth-order valence-electron chi connectivity index (χ4n) is 3.23. The molecular formula is C25H44F2O3. The molecule has 0 aromatic heterocycles. The smallest absolute Gasteiger partial charge is 0.195 e. The molecule has 0 N–H and O–H groups in total. The van der Waals surface area contributed by atoms with Gasteiger partial charge in [-0.25, -0.2) is 8.78 Å². The van der Waals surface area contributed by atoms with E-state index < -0.39 is 11.7 Å². The van der Waals surface area contributed by atoms with E-state index in [1.807, 2.05) is 19.9 Å². The molecule has 0 amide bonds. The second-order valence-corrected chi connectivity index (χ2v) is 8.23. The minimum atomic E-state index is -0.898. The maximum Gasteiger partial charge on any atom is 0.195 e. The second-order valence-electron chi connectivity index (χ2n) is 8.23. The zero-order valence-electron chi connectivity index (χ0n) is 20.2. The second kappa shape index (κ2) is 16.5. The van der Waals surface area contributed by atoms with Gasteiger partial charge in [0.1, 0.15) is 5.76 Å². The monoisotopic (exact) mass is 430 g/mol. The van der Waals surface area contributed by atoms with Gasteiger partial charge in [-0.1, -0.05) is 47.1 Å². The van der Waals surface area contributed by atoms with Crippen LogP contribution in [0.1, 0.15) is 80.1 Å². The van der Waals surface area contributed by atoms with Crippen molar-refractivity contribution >= 4 is 0 Å². The molecule has 0 aromatic rings. The van der Waals surface area contributed by atoms with E-state index in [0.717, 1.165) is 25.7 Å². The summed E-state index contributed by atoms with van der Waals surface area (Å²) in [5.74, 6) is -0.986. The lowest BCUT2D eigenvalue weighted by Crippen LogP contribution is -2.28. The molecule has 0 aliphatic carbocycles. The van der Waals surface area contributed by atoms with Gasteiger partial charge in [0.2, 0.25) is 0 Å². The lowest BCUT2D eigenvalue weighted by atomic mass is 9.90. The van der Waals surface area contributed by atoms with E-state index >= 15 is 0 Å². The van der Waals surface area contributed by atoms with E-state index in [0.29, 0.717) is 37.0 Å². The fraction of sp³-hybridized carbons (Fsp3) is 0.760. The molecule has 4 unspecified atom stereocenters. The quantitative estimate of drug-likeness (QED) is 0.189. The molecular weight excluding hydrogens is 386 g/mol. The Balaban J connectivity index is 0.00000263. The Morgan fingerprint density at radius 1 is 1.13 bits per heavy atom. The highest BCUT2D eigenvalue weighted by Crippen LogP contribution is 2.31. The first kappa shape index (κ1) is 28.8. The van der Waals surface area contributed by atoms with Crippen LogP contribution < -0.4 is 0 Å². The Kier molecular flexibility index (Phi) is 15.8. The highest BCUT2D eigenvalue weighted by Gasteiger charge is 2.22. The van der Waals surface area contributed by atoms with Crippen LogP contribution in [0.4, 0.5) is 8.78 Å². The van der Waals surface area contributed by atoms with Crippen LogP contribution in [0.3, 0.4) is 0 Å². The number of hydrogen-bond acceptors (Lipinski definition) is 3. The number of rotatable bonds is 11. The minimum Gasteiger partial charge on any atom is -0.498 e. The average Bonchev–Trinajstić information content (AvgIpc) is 2.76. The summed E-state index contributed by atoms with van der Waals surface area (Å²) in [6.07, 6.45) is 7.12. The van der Waals surface area contributed by atoms with Crippen LogP contribution in [0, 0.1) is 17.8 Å². The third kappa shape index (κ3) is 10.7. The van der Waals surface area contributed by atoms with Crippen molar-refractivity contribution in [2.45, 2.75) is 86.4 Å². The van der Waals surface area contributed by atoms with Gasteiger partial charge in [0.25, 0.3) is 0 Å². The summed E-state index contributed by atoms with van der Waals surface area (Å²) in [6, 6.07) is 0. The van der Waals surface area contributed by atoms with E-state index in [-0.39, 0.29) is 18.0 Å². The third-order valence-corrected chi connectivity index (χ3v) is 5.33. The van der Waals surface area contributed by atoms with Gasteiger partial charge >= 0.3 is 0 Å². The van der Waals surface area contributed by atoms with E-state index in [1.54, 1.807) is 0 Å². The van der Waals surface area contributed by atoms with Crippen molar-refractivity contribution in [3.63, 3.8) is 0 Å². The summed E-state index contributed by atoms with van der Waals surface area (Å²) < 4.78 is 44.9. The highest BCUT2D eigenvalue weighted by atomic mass is 19.2. The average molecular weight is 431 g/mol. The van der Waals surface area contributed by atoms with Crippen LogP contribution in [-0.2, 0) is 14.2 Å². The zero-order chi connectivity index (χ0) is 23.1. The Morgan fingerprint density at radius 2 is 1.77 bits per heavy atom. The Bertz CT molecular complexity index is 535. The van der Waals surface area contributed by atoms with E-state index in [4.69, 9.17) is 14.2 Å². The van der Waals surface area contributed by atoms with Crippen LogP contribution in [0.25, 0.3) is 0 Å². The molecule has 4 atom stereocenters. The van der Waals surface area contributed by atoms with Gasteiger partial charge in [-0.2, -0.15) is 0 Å². The normalized spacial score (nSPS) is 22.7. The molecule has 1 heterocycles. The molecule has 1 fully saturated rings. The molecule has 0 saturated carbocycles. The number of halogens is 2. The lowest BCUT2D eigenvalue weighted by molar-refractivity contribution is -0.176. The molecule has 176 valence electrons. The van der Waals surface area contributed by atoms with Gasteiger partial charge in [-0.05, 0) is 56.4 Å². The Hall–Kier alpha value is -1.20. The van der Waals surface area contributed by atoms with Gasteiger partial charge in [0.15, 0.2) is 17.9 Å². The van der Waals surface area contributed by atoms with Gasteiger partial charge < -0.3 is 14.2 Å². The zero-order valence-corrected chi connectivity index (χ0v) is 20.2. The van der Waals surface area contributed by atoms with E-state index in [2.05, 4.69) is 27.4 Å². The summed E-state index contributed by atoms with van der Waals surface area (Å²) >= 11 is 0. The standard InChI is InChI=1S/C22H36F2O3.C3H8/c1-7-18-11-12-20(27-14-18)26-13-15(3)9-10-16(4)19(8-2)22(24)21(23)17(5)25-6;1-3-2/h7,15-16,18,20H,1,8-14H2,2-6H3;3H2,1-2H3/b21-17-,22-19-;. The van der Waals surface area contributed by atoms with Crippen molar-refractivity contribution in [1.82, 2.24) is 0 Å². The van der Waals surface area contributed by atoms with Gasteiger partial charge in [0, 0.05) is 5.92 Å². The van der Waals surface area contributed by atoms with Gasteiger partial charge in [0.05, 0.1) is 20.3 Å². The molecule has 1 aliphatic heterocycles. The molecule has 0 spiro atoms. The topological polar surface area (TPSA) is 27.7 Å². The fourth-order valence-corrected chi connectivity index (χ4v) is 3.23. The SMILES string of the molecule is C=CC1CCC(OCC(C)CCC(C)/C(CC)=C(F)/C(F)=C(\C)OC)OC1.CCC. The Labute approximate surface area is 183 Å². The van der Waals surface area contributed by atoms with Crippen molar-refractivity contribution in [1.29, 1.82) is 0 Å². The third-order valence-electron chi connectivity index (χ3n) is 5.33. The first-order chi connectivity index (χ1) is 14.2. The summed E-state index contributed by atoms with van der Waals surface area (Å²) in [7, 11) is 1.34. The first-order valence-corrected chi connectivity index (χ1v) is 11.4. The maximum atomic E-state index is 14.4. The molecule has 5 heteroatoms. The molecule has 0 bridgehead atoms. The van der Waals surface area contributed by atoms with Gasteiger partial charge in [-0.15, -0.1) is 6.58 Å². The largest absolute Gasteiger partial charge is 0.498 e. The Morgan fingerprint density at radius 3 is 2.23 bits per heavy atom. The molecule has 0 radical (unpaired) electrons. The number of methoxy groups -OCH3 is 1. The molecule has 30 heavy (non-hydrogen) atoms. The van der Waals surface area contributed by atoms with Crippen LogP contribution in [0.15, 0.2) is 35.6 Å². The highest BCUT2D eigenvalue weighted by molar-refractivity contribution is 5.28.